The average molecular weight is 392 g/mol. The number of fused-ring (bicyclic) bond motifs is 1. The van der Waals surface area contributed by atoms with E-state index in [1.165, 1.54) is 12.1 Å². The van der Waals surface area contributed by atoms with Crippen LogP contribution in [0.15, 0.2) is 53.6 Å². The molecule has 0 aliphatic heterocycles. The van der Waals surface area contributed by atoms with E-state index in [-0.39, 0.29) is 23.8 Å². The molecular formula is C19H21FN2O4S. The summed E-state index contributed by atoms with van der Waals surface area (Å²) in [5.74, 6) is -0.762. The first kappa shape index (κ1) is 19.3. The van der Waals surface area contributed by atoms with E-state index in [4.69, 9.17) is 4.74 Å². The normalized spacial score (nSPS) is 13.0. The van der Waals surface area contributed by atoms with Gasteiger partial charge in [-0.2, -0.15) is 0 Å². The molecule has 1 heterocycles. The van der Waals surface area contributed by atoms with Crippen LogP contribution in [0.4, 0.5) is 4.39 Å². The first-order chi connectivity index (χ1) is 12.8. The van der Waals surface area contributed by atoms with Gasteiger partial charge in [-0.15, -0.1) is 0 Å². The van der Waals surface area contributed by atoms with E-state index in [2.05, 4.69) is 4.72 Å². The number of aliphatic hydroxyl groups is 1. The minimum absolute atomic E-state index is 0.00681. The maximum absolute atomic E-state index is 13.9. The smallest absolute Gasteiger partial charge is 0.240 e. The molecule has 0 aliphatic rings. The fraction of sp³-hybridized carbons (Fsp3) is 0.263. The fourth-order valence-electron chi connectivity index (χ4n) is 2.82. The third-order valence-electron chi connectivity index (χ3n) is 4.27. The zero-order chi connectivity index (χ0) is 19.6. The number of hydrogen-bond acceptors (Lipinski definition) is 4. The van der Waals surface area contributed by atoms with Crippen molar-refractivity contribution in [2.24, 2.45) is 7.05 Å². The molecule has 0 bridgehead atoms. The summed E-state index contributed by atoms with van der Waals surface area (Å²) in [5, 5.41) is 11.3. The van der Waals surface area contributed by atoms with E-state index < -0.39 is 21.9 Å². The number of ether oxygens (including phenoxy) is 1. The second-order valence-corrected chi connectivity index (χ2v) is 7.90. The van der Waals surface area contributed by atoms with Gasteiger partial charge in [0.15, 0.2) is 11.6 Å². The summed E-state index contributed by atoms with van der Waals surface area (Å²) < 4.78 is 48.0. The Morgan fingerprint density at radius 1 is 1.22 bits per heavy atom. The molecule has 0 saturated carbocycles. The summed E-state index contributed by atoms with van der Waals surface area (Å²) in [6.45, 7) is 1.76. The van der Waals surface area contributed by atoms with Crippen LogP contribution in [0.2, 0.25) is 0 Å². The monoisotopic (exact) mass is 392 g/mol. The van der Waals surface area contributed by atoms with Crippen LogP contribution in [-0.4, -0.2) is 31.2 Å². The lowest BCUT2D eigenvalue weighted by Gasteiger charge is -2.14. The number of aryl methyl sites for hydroxylation is 1. The highest BCUT2D eigenvalue weighted by atomic mass is 32.2. The Balaban J connectivity index is 1.72. The van der Waals surface area contributed by atoms with E-state index in [1.54, 1.807) is 13.0 Å². The van der Waals surface area contributed by atoms with Gasteiger partial charge in [-0.1, -0.05) is 6.07 Å². The third kappa shape index (κ3) is 4.13. The van der Waals surface area contributed by atoms with E-state index in [1.807, 2.05) is 36.0 Å². The van der Waals surface area contributed by atoms with Crippen molar-refractivity contribution in [1.82, 2.24) is 9.29 Å². The van der Waals surface area contributed by atoms with Gasteiger partial charge in [0.1, 0.15) is 0 Å². The van der Waals surface area contributed by atoms with E-state index in [9.17, 15) is 17.9 Å². The van der Waals surface area contributed by atoms with Gasteiger partial charge in [-0.3, -0.25) is 0 Å². The Bertz CT molecular complexity index is 1060. The Hall–Kier alpha value is -2.42. The highest BCUT2D eigenvalue weighted by Gasteiger charge is 2.19. The fourth-order valence-corrected chi connectivity index (χ4v) is 3.87. The lowest BCUT2D eigenvalue weighted by atomic mass is 10.1. The van der Waals surface area contributed by atoms with E-state index >= 15 is 0 Å². The number of nitrogens with zero attached hydrogens (tertiary/aromatic N) is 1. The number of halogens is 1. The predicted octanol–water partition coefficient (Wildman–Crippen LogP) is 2.73. The van der Waals surface area contributed by atoms with Crippen LogP contribution in [-0.2, 0) is 17.1 Å². The van der Waals surface area contributed by atoms with Gasteiger partial charge in [-0.25, -0.2) is 17.5 Å². The Morgan fingerprint density at radius 2 is 2.00 bits per heavy atom. The molecule has 6 nitrogen and oxygen atoms in total. The molecule has 0 radical (unpaired) electrons. The van der Waals surface area contributed by atoms with Crippen LogP contribution in [0.3, 0.4) is 0 Å². The van der Waals surface area contributed by atoms with Crippen LogP contribution in [0.1, 0.15) is 18.6 Å². The van der Waals surface area contributed by atoms with Crippen molar-refractivity contribution in [1.29, 1.82) is 0 Å². The molecule has 0 aliphatic carbocycles. The van der Waals surface area contributed by atoms with Crippen LogP contribution in [0, 0.1) is 5.82 Å². The molecule has 27 heavy (non-hydrogen) atoms. The zero-order valence-corrected chi connectivity index (χ0v) is 15.8. The maximum Gasteiger partial charge on any atom is 0.240 e. The molecule has 0 amide bonds. The minimum atomic E-state index is -3.97. The van der Waals surface area contributed by atoms with Crippen molar-refractivity contribution >= 4 is 20.9 Å². The quantitative estimate of drug-likeness (QED) is 0.648. The second kappa shape index (κ2) is 7.67. The topological polar surface area (TPSA) is 80.6 Å². The van der Waals surface area contributed by atoms with Gasteiger partial charge < -0.3 is 14.4 Å². The number of sulfonamides is 1. The lowest BCUT2D eigenvalue weighted by Crippen LogP contribution is -2.28. The number of rotatable bonds is 7. The SMILES string of the molecule is CCOc1ccc(S(=O)(=O)NCC(O)c2ccc3c(ccn3C)c2)cc1F. The molecule has 8 heteroatoms. The van der Waals surface area contributed by atoms with Gasteiger partial charge >= 0.3 is 0 Å². The summed E-state index contributed by atoms with van der Waals surface area (Å²) in [6.07, 6.45) is 0.876. The molecule has 144 valence electrons. The zero-order valence-electron chi connectivity index (χ0n) is 15.0. The third-order valence-corrected chi connectivity index (χ3v) is 5.70. The van der Waals surface area contributed by atoms with Gasteiger partial charge in [0.2, 0.25) is 10.0 Å². The number of aromatic nitrogens is 1. The molecule has 3 rings (SSSR count). The Morgan fingerprint density at radius 3 is 2.70 bits per heavy atom. The number of aliphatic hydroxyl groups excluding tert-OH is 1. The van der Waals surface area contributed by atoms with Gasteiger partial charge in [0.25, 0.3) is 0 Å². The van der Waals surface area contributed by atoms with Gasteiger partial charge in [-0.05, 0) is 54.3 Å². The van der Waals surface area contributed by atoms with Crippen molar-refractivity contribution in [3.8, 4) is 5.75 Å². The first-order valence-electron chi connectivity index (χ1n) is 8.47. The molecule has 0 spiro atoms. The minimum Gasteiger partial charge on any atom is -0.491 e. The Kier molecular flexibility index (Phi) is 5.50. The van der Waals surface area contributed by atoms with E-state index in [0.717, 1.165) is 17.0 Å². The van der Waals surface area contributed by atoms with Gasteiger partial charge in [0, 0.05) is 25.3 Å². The number of benzene rings is 2. The van der Waals surface area contributed by atoms with Crippen LogP contribution >= 0.6 is 0 Å². The Labute approximate surface area is 157 Å². The summed E-state index contributed by atoms with van der Waals surface area (Å²) in [7, 11) is -2.05. The van der Waals surface area contributed by atoms with Crippen molar-refractivity contribution in [2.75, 3.05) is 13.2 Å². The largest absolute Gasteiger partial charge is 0.491 e. The molecule has 2 aromatic carbocycles. The van der Waals surface area contributed by atoms with Crippen molar-refractivity contribution in [2.45, 2.75) is 17.9 Å². The highest BCUT2D eigenvalue weighted by molar-refractivity contribution is 7.89. The van der Waals surface area contributed by atoms with Crippen molar-refractivity contribution in [3.05, 3.63) is 60.0 Å². The molecule has 1 aromatic heterocycles. The van der Waals surface area contributed by atoms with Crippen LogP contribution in [0.25, 0.3) is 10.9 Å². The lowest BCUT2D eigenvalue weighted by molar-refractivity contribution is 0.182. The second-order valence-electron chi connectivity index (χ2n) is 6.14. The van der Waals surface area contributed by atoms with Crippen LogP contribution < -0.4 is 9.46 Å². The molecule has 0 fully saturated rings. The summed E-state index contributed by atoms with van der Waals surface area (Å²) >= 11 is 0. The standard InChI is InChI=1S/C19H21FN2O4S/c1-3-26-19-7-5-15(11-16(19)20)27(24,25)21-12-18(23)14-4-6-17-13(10-14)8-9-22(17)2/h4-11,18,21,23H,3,12H2,1-2H3. The molecule has 3 aromatic rings. The summed E-state index contributed by atoms with van der Waals surface area (Å²) in [6, 6.07) is 10.8. The van der Waals surface area contributed by atoms with Gasteiger partial charge in [0.05, 0.1) is 17.6 Å². The highest BCUT2D eigenvalue weighted by Crippen LogP contribution is 2.23. The molecule has 2 N–H and O–H groups in total. The van der Waals surface area contributed by atoms with Crippen molar-refractivity contribution < 1.29 is 22.7 Å². The molecule has 0 saturated heterocycles. The predicted molar refractivity (Wildman–Crippen MR) is 101 cm³/mol. The maximum atomic E-state index is 13.9. The number of hydrogen-bond donors (Lipinski definition) is 2. The molecule has 1 unspecified atom stereocenters. The summed E-state index contributed by atoms with van der Waals surface area (Å²) in [4.78, 5) is -0.228. The summed E-state index contributed by atoms with van der Waals surface area (Å²) in [5.41, 5.74) is 1.60. The van der Waals surface area contributed by atoms with Crippen LogP contribution in [0.5, 0.6) is 5.75 Å². The van der Waals surface area contributed by atoms with E-state index in [0.29, 0.717) is 5.56 Å². The molecule has 1 atom stereocenters. The van der Waals surface area contributed by atoms with Crippen molar-refractivity contribution in [3.63, 3.8) is 0 Å². The average Bonchev–Trinajstić information content (AvgIpc) is 3.02. The first-order valence-corrected chi connectivity index (χ1v) is 9.95. The number of nitrogens with one attached hydrogen (secondary N) is 1. The molecular weight excluding hydrogens is 371 g/mol.